The zero-order valence-electron chi connectivity index (χ0n) is 14.2. The van der Waals surface area contributed by atoms with E-state index in [-0.39, 0.29) is 23.0 Å². The van der Waals surface area contributed by atoms with E-state index in [2.05, 4.69) is 22.5 Å². The second kappa shape index (κ2) is 6.59. The van der Waals surface area contributed by atoms with Gasteiger partial charge in [-0.15, -0.1) is 0 Å². The summed E-state index contributed by atoms with van der Waals surface area (Å²) in [6, 6.07) is 0.360. The minimum absolute atomic E-state index is 0.0199. The number of rotatable bonds is 4. The highest BCUT2D eigenvalue weighted by Crippen LogP contribution is 2.54. The van der Waals surface area contributed by atoms with Crippen LogP contribution in [0.25, 0.3) is 0 Å². The Labute approximate surface area is 139 Å². The second-order valence-corrected chi connectivity index (χ2v) is 9.36. The van der Waals surface area contributed by atoms with E-state index in [1.165, 1.54) is 25.7 Å². The normalized spacial score (nSPS) is 35.2. The van der Waals surface area contributed by atoms with Crippen molar-refractivity contribution < 1.29 is 13.2 Å². The second-order valence-electron chi connectivity index (χ2n) is 7.13. The summed E-state index contributed by atoms with van der Waals surface area (Å²) in [6.07, 6.45) is 7.01. The van der Waals surface area contributed by atoms with E-state index in [0.717, 1.165) is 19.0 Å². The van der Waals surface area contributed by atoms with E-state index >= 15 is 0 Å². The SMILES string of the molecule is CCOC1CC(NC(=NC)NC2CCS(=O)(=O)C2)C12CCCC2. The number of guanidine groups is 1. The quantitative estimate of drug-likeness (QED) is 0.590. The zero-order chi connectivity index (χ0) is 16.5. The van der Waals surface area contributed by atoms with Crippen LogP contribution in [0.5, 0.6) is 0 Å². The molecule has 2 saturated carbocycles. The molecule has 3 fully saturated rings. The van der Waals surface area contributed by atoms with Crippen LogP contribution >= 0.6 is 0 Å². The van der Waals surface area contributed by atoms with Crippen molar-refractivity contribution in [2.75, 3.05) is 25.2 Å². The number of aliphatic imine (C=N–C) groups is 1. The molecule has 1 aliphatic heterocycles. The number of sulfone groups is 1. The molecule has 0 aromatic rings. The average Bonchev–Trinajstić information content (AvgIpc) is 3.13. The lowest BCUT2D eigenvalue weighted by Gasteiger charge is -2.54. The minimum Gasteiger partial charge on any atom is -0.378 e. The van der Waals surface area contributed by atoms with Crippen LogP contribution in [0.2, 0.25) is 0 Å². The molecule has 2 N–H and O–H groups in total. The van der Waals surface area contributed by atoms with Crippen molar-refractivity contribution in [1.29, 1.82) is 0 Å². The predicted molar refractivity (Wildman–Crippen MR) is 91.4 cm³/mol. The maximum Gasteiger partial charge on any atom is 0.191 e. The Balaban J connectivity index is 1.59. The van der Waals surface area contributed by atoms with Crippen molar-refractivity contribution in [3.63, 3.8) is 0 Å². The standard InChI is InChI=1S/C16H29N3O3S/c1-3-22-14-10-13(16(14)7-4-5-8-16)19-15(17-2)18-12-6-9-23(20,21)11-12/h12-14H,3-11H2,1-2H3,(H2,17,18,19). The molecule has 0 radical (unpaired) electrons. The van der Waals surface area contributed by atoms with Crippen molar-refractivity contribution >= 4 is 15.8 Å². The molecule has 23 heavy (non-hydrogen) atoms. The zero-order valence-corrected chi connectivity index (χ0v) is 15.0. The summed E-state index contributed by atoms with van der Waals surface area (Å²) in [6.45, 7) is 2.83. The van der Waals surface area contributed by atoms with Gasteiger partial charge in [-0.05, 0) is 32.6 Å². The Kier molecular flexibility index (Phi) is 4.88. The Morgan fingerprint density at radius 3 is 2.61 bits per heavy atom. The highest BCUT2D eigenvalue weighted by Gasteiger charge is 2.57. The van der Waals surface area contributed by atoms with Gasteiger partial charge in [0, 0.05) is 31.2 Å². The van der Waals surface area contributed by atoms with Gasteiger partial charge in [-0.2, -0.15) is 0 Å². The molecule has 6 nitrogen and oxygen atoms in total. The van der Waals surface area contributed by atoms with E-state index in [1.807, 2.05) is 0 Å². The van der Waals surface area contributed by atoms with Crippen molar-refractivity contribution in [1.82, 2.24) is 10.6 Å². The van der Waals surface area contributed by atoms with Gasteiger partial charge in [-0.3, -0.25) is 4.99 Å². The van der Waals surface area contributed by atoms with Gasteiger partial charge in [0.1, 0.15) is 0 Å². The smallest absolute Gasteiger partial charge is 0.191 e. The lowest BCUT2D eigenvalue weighted by Crippen LogP contribution is -2.65. The predicted octanol–water partition coefficient (Wildman–Crippen LogP) is 1.08. The first-order valence-electron chi connectivity index (χ1n) is 8.81. The van der Waals surface area contributed by atoms with Crippen LogP contribution in [0.15, 0.2) is 4.99 Å². The fraction of sp³-hybridized carbons (Fsp3) is 0.938. The Hall–Kier alpha value is -0.820. The van der Waals surface area contributed by atoms with Gasteiger partial charge in [0.2, 0.25) is 0 Å². The number of nitrogens with one attached hydrogen (secondary N) is 2. The highest BCUT2D eigenvalue weighted by molar-refractivity contribution is 7.91. The van der Waals surface area contributed by atoms with E-state index in [1.54, 1.807) is 7.05 Å². The van der Waals surface area contributed by atoms with Crippen LogP contribution in [-0.2, 0) is 14.6 Å². The van der Waals surface area contributed by atoms with Gasteiger partial charge in [-0.1, -0.05) is 12.8 Å². The monoisotopic (exact) mass is 343 g/mol. The van der Waals surface area contributed by atoms with Crippen molar-refractivity contribution in [3.8, 4) is 0 Å². The first kappa shape index (κ1) is 17.0. The minimum atomic E-state index is -2.87. The maximum absolute atomic E-state index is 11.6. The van der Waals surface area contributed by atoms with Crippen LogP contribution in [0.4, 0.5) is 0 Å². The lowest BCUT2D eigenvalue weighted by molar-refractivity contribution is -0.125. The Morgan fingerprint density at radius 1 is 1.30 bits per heavy atom. The summed E-state index contributed by atoms with van der Waals surface area (Å²) in [5.74, 6) is 1.23. The van der Waals surface area contributed by atoms with Crippen LogP contribution in [-0.4, -0.2) is 57.7 Å². The molecule has 1 spiro atoms. The highest BCUT2D eigenvalue weighted by atomic mass is 32.2. The third kappa shape index (κ3) is 3.36. The van der Waals surface area contributed by atoms with Crippen LogP contribution in [0.3, 0.4) is 0 Å². The third-order valence-electron chi connectivity index (χ3n) is 5.80. The van der Waals surface area contributed by atoms with Crippen LogP contribution in [0, 0.1) is 5.41 Å². The molecule has 3 aliphatic rings. The molecule has 2 aliphatic carbocycles. The van der Waals surface area contributed by atoms with E-state index < -0.39 is 9.84 Å². The molecule has 1 saturated heterocycles. The topological polar surface area (TPSA) is 79.8 Å². The molecule has 3 atom stereocenters. The fourth-order valence-electron chi connectivity index (χ4n) is 4.53. The van der Waals surface area contributed by atoms with Crippen molar-refractivity contribution in [2.45, 2.75) is 63.6 Å². The molecule has 3 rings (SSSR count). The number of hydrogen-bond donors (Lipinski definition) is 2. The van der Waals surface area contributed by atoms with Gasteiger partial charge in [0.25, 0.3) is 0 Å². The molecule has 0 aromatic heterocycles. The fourth-order valence-corrected chi connectivity index (χ4v) is 6.20. The molecule has 0 amide bonds. The van der Waals surface area contributed by atoms with Gasteiger partial charge in [0.05, 0.1) is 17.6 Å². The number of nitrogens with zero attached hydrogens (tertiary/aromatic N) is 1. The Bertz CT molecular complexity index is 555. The Morgan fingerprint density at radius 2 is 2.04 bits per heavy atom. The van der Waals surface area contributed by atoms with E-state index in [4.69, 9.17) is 4.74 Å². The average molecular weight is 343 g/mol. The van der Waals surface area contributed by atoms with Gasteiger partial charge >= 0.3 is 0 Å². The molecule has 1 heterocycles. The molecule has 132 valence electrons. The molecule has 0 aromatic carbocycles. The van der Waals surface area contributed by atoms with Gasteiger partial charge in [0.15, 0.2) is 15.8 Å². The van der Waals surface area contributed by atoms with Gasteiger partial charge in [-0.25, -0.2) is 8.42 Å². The van der Waals surface area contributed by atoms with Gasteiger partial charge < -0.3 is 15.4 Å². The summed E-state index contributed by atoms with van der Waals surface area (Å²) in [5.41, 5.74) is 0.245. The van der Waals surface area contributed by atoms with Crippen molar-refractivity contribution in [3.05, 3.63) is 0 Å². The molecule has 7 heteroatoms. The summed E-state index contributed by atoms with van der Waals surface area (Å²) in [7, 11) is -1.12. The summed E-state index contributed by atoms with van der Waals surface area (Å²) in [4.78, 5) is 4.31. The maximum atomic E-state index is 11.6. The van der Waals surface area contributed by atoms with E-state index in [9.17, 15) is 8.42 Å². The molecule has 0 bridgehead atoms. The van der Waals surface area contributed by atoms with E-state index in [0.29, 0.717) is 18.6 Å². The first-order valence-corrected chi connectivity index (χ1v) is 10.6. The third-order valence-corrected chi connectivity index (χ3v) is 7.56. The molecular formula is C16H29N3O3S. The number of hydrogen-bond acceptors (Lipinski definition) is 4. The molecule has 3 unspecified atom stereocenters. The summed E-state index contributed by atoms with van der Waals surface area (Å²) in [5, 5.41) is 6.84. The van der Waals surface area contributed by atoms with Crippen LogP contribution in [0.1, 0.15) is 45.4 Å². The van der Waals surface area contributed by atoms with Crippen molar-refractivity contribution in [2.24, 2.45) is 10.4 Å². The summed E-state index contributed by atoms with van der Waals surface area (Å²) >= 11 is 0. The number of ether oxygens (including phenoxy) is 1. The lowest BCUT2D eigenvalue weighted by atomic mass is 9.60. The summed E-state index contributed by atoms with van der Waals surface area (Å²) < 4.78 is 29.1. The van der Waals surface area contributed by atoms with Crippen LogP contribution < -0.4 is 10.6 Å². The largest absolute Gasteiger partial charge is 0.378 e. The molecular weight excluding hydrogens is 314 g/mol. The first-order chi connectivity index (χ1) is 11.0.